The van der Waals surface area contributed by atoms with E-state index in [2.05, 4.69) is 22.9 Å². The summed E-state index contributed by atoms with van der Waals surface area (Å²) in [5, 5.41) is 8.99. The van der Waals surface area contributed by atoms with Gasteiger partial charge in [0, 0.05) is 24.0 Å². The van der Waals surface area contributed by atoms with E-state index in [-0.39, 0.29) is 18.4 Å². The van der Waals surface area contributed by atoms with Crippen molar-refractivity contribution in [1.82, 2.24) is 4.90 Å². The van der Waals surface area contributed by atoms with Crippen molar-refractivity contribution in [2.75, 3.05) is 19.7 Å². The first-order valence-electron chi connectivity index (χ1n) is 6.72. The zero-order chi connectivity index (χ0) is 14.3. The van der Waals surface area contributed by atoms with Crippen molar-refractivity contribution in [2.45, 2.75) is 32.6 Å². The highest BCUT2D eigenvalue weighted by Crippen LogP contribution is 2.22. The third-order valence-corrected chi connectivity index (χ3v) is 3.66. The van der Waals surface area contributed by atoms with Gasteiger partial charge in [-0.3, -0.25) is 4.79 Å². The number of hydrogen-bond donors (Lipinski definition) is 1. The number of carbonyl (C=O) groups excluding carboxylic acids is 1. The Balaban J connectivity index is 2.61. The smallest absolute Gasteiger partial charge is 0.223 e. The fraction of sp³-hybridized carbons (Fsp3) is 0.533. The van der Waals surface area contributed by atoms with E-state index in [1.165, 1.54) is 0 Å². The zero-order valence-corrected chi connectivity index (χ0v) is 13.2. The summed E-state index contributed by atoms with van der Waals surface area (Å²) >= 11 is 3.41. The molecule has 1 unspecified atom stereocenters. The van der Waals surface area contributed by atoms with E-state index >= 15 is 0 Å². The Bertz CT molecular complexity index is 386. The van der Waals surface area contributed by atoms with E-state index in [0.717, 1.165) is 16.5 Å². The zero-order valence-electron chi connectivity index (χ0n) is 11.6. The van der Waals surface area contributed by atoms with Gasteiger partial charge in [0.15, 0.2) is 0 Å². The van der Waals surface area contributed by atoms with Gasteiger partial charge in [-0.2, -0.15) is 0 Å². The molecular weight excluding hydrogens is 306 g/mol. The van der Waals surface area contributed by atoms with Crippen LogP contribution in [0.25, 0.3) is 0 Å². The number of halogens is 1. The summed E-state index contributed by atoms with van der Waals surface area (Å²) in [6.07, 6.45) is 1.40. The van der Waals surface area contributed by atoms with Gasteiger partial charge >= 0.3 is 0 Å². The average molecular weight is 328 g/mol. The van der Waals surface area contributed by atoms with Gasteiger partial charge in [0.25, 0.3) is 0 Å². The van der Waals surface area contributed by atoms with Gasteiger partial charge in [-0.25, -0.2) is 0 Å². The predicted molar refractivity (Wildman–Crippen MR) is 81.1 cm³/mol. The highest BCUT2D eigenvalue weighted by atomic mass is 79.9. The molecular formula is C15H22BrNO2. The third-order valence-electron chi connectivity index (χ3n) is 3.14. The highest BCUT2D eigenvalue weighted by molar-refractivity contribution is 9.10. The molecule has 1 aromatic carbocycles. The van der Waals surface area contributed by atoms with Gasteiger partial charge in [0.2, 0.25) is 5.91 Å². The largest absolute Gasteiger partial charge is 0.395 e. The molecule has 0 aliphatic carbocycles. The minimum atomic E-state index is 0.0262. The number of hydrogen-bond acceptors (Lipinski definition) is 2. The molecule has 19 heavy (non-hydrogen) atoms. The number of benzene rings is 1. The summed E-state index contributed by atoms with van der Waals surface area (Å²) in [4.78, 5) is 13.9. The van der Waals surface area contributed by atoms with E-state index in [1.54, 1.807) is 4.90 Å². The van der Waals surface area contributed by atoms with Gasteiger partial charge < -0.3 is 10.0 Å². The Morgan fingerprint density at radius 2 is 1.95 bits per heavy atom. The first kappa shape index (κ1) is 16.2. The van der Waals surface area contributed by atoms with Gasteiger partial charge in [-0.15, -0.1) is 0 Å². The van der Waals surface area contributed by atoms with Crippen LogP contribution in [0.1, 0.15) is 38.2 Å². The minimum absolute atomic E-state index is 0.0262. The number of carbonyl (C=O) groups is 1. The van der Waals surface area contributed by atoms with E-state index in [4.69, 9.17) is 5.11 Å². The normalized spacial score (nSPS) is 12.2. The van der Waals surface area contributed by atoms with Crippen molar-refractivity contribution in [2.24, 2.45) is 0 Å². The fourth-order valence-corrected chi connectivity index (χ4v) is 2.32. The number of nitrogens with zero attached hydrogens (tertiary/aromatic N) is 1. The molecule has 0 radical (unpaired) electrons. The Hall–Kier alpha value is -0.870. The first-order chi connectivity index (χ1) is 9.08. The Labute approximate surface area is 123 Å². The molecule has 0 aliphatic rings. The summed E-state index contributed by atoms with van der Waals surface area (Å²) in [5.41, 5.74) is 1.16. The summed E-state index contributed by atoms with van der Waals surface area (Å²) < 4.78 is 1.04. The molecule has 0 saturated carbocycles. The Kier molecular flexibility index (Phi) is 7.10. The molecule has 1 atom stereocenters. The maximum atomic E-state index is 12.2. The van der Waals surface area contributed by atoms with Crippen molar-refractivity contribution in [1.29, 1.82) is 0 Å². The molecule has 0 aliphatic heterocycles. The van der Waals surface area contributed by atoms with Crippen LogP contribution in [0.4, 0.5) is 0 Å². The molecule has 106 valence electrons. The minimum Gasteiger partial charge on any atom is -0.395 e. The number of rotatable bonds is 7. The second-order valence-electron chi connectivity index (χ2n) is 4.76. The fourth-order valence-electron chi connectivity index (χ4n) is 2.05. The lowest BCUT2D eigenvalue weighted by Crippen LogP contribution is -2.34. The van der Waals surface area contributed by atoms with E-state index < -0.39 is 0 Å². The molecule has 0 saturated heterocycles. The molecule has 0 bridgehead atoms. The van der Waals surface area contributed by atoms with Crippen molar-refractivity contribution < 1.29 is 9.90 Å². The molecule has 0 heterocycles. The standard InChI is InChI=1S/C15H22BrNO2/c1-3-8-17(9-10-18)15(19)11-12(2)13-4-6-14(16)7-5-13/h4-7,12,18H,3,8-11H2,1-2H3. The molecule has 4 heteroatoms. The number of aliphatic hydroxyl groups excluding tert-OH is 1. The second-order valence-corrected chi connectivity index (χ2v) is 5.68. The van der Waals surface area contributed by atoms with Crippen LogP contribution in [0.3, 0.4) is 0 Å². The maximum Gasteiger partial charge on any atom is 0.223 e. The molecule has 0 aromatic heterocycles. The summed E-state index contributed by atoms with van der Waals surface area (Å²) in [7, 11) is 0. The molecule has 0 spiro atoms. The third kappa shape index (κ3) is 5.33. The lowest BCUT2D eigenvalue weighted by atomic mass is 9.97. The van der Waals surface area contributed by atoms with E-state index in [9.17, 15) is 4.79 Å². The van der Waals surface area contributed by atoms with Gasteiger partial charge in [0.05, 0.1) is 6.61 Å². The van der Waals surface area contributed by atoms with Crippen LogP contribution in [-0.2, 0) is 4.79 Å². The van der Waals surface area contributed by atoms with E-state index in [1.807, 2.05) is 31.2 Å². The van der Waals surface area contributed by atoms with Crippen LogP contribution in [-0.4, -0.2) is 35.6 Å². The maximum absolute atomic E-state index is 12.2. The molecule has 0 fully saturated rings. The monoisotopic (exact) mass is 327 g/mol. The lowest BCUT2D eigenvalue weighted by Gasteiger charge is -2.23. The van der Waals surface area contributed by atoms with Crippen molar-refractivity contribution >= 4 is 21.8 Å². The Morgan fingerprint density at radius 3 is 2.47 bits per heavy atom. The summed E-state index contributed by atoms with van der Waals surface area (Å²) in [5.74, 6) is 0.310. The Morgan fingerprint density at radius 1 is 1.32 bits per heavy atom. The number of amides is 1. The molecule has 1 aromatic rings. The predicted octanol–water partition coefficient (Wildman–Crippen LogP) is 3.17. The first-order valence-corrected chi connectivity index (χ1v) is 7.51. The number of aliphatic hydroxyl groups is 1. The highest BCUT2D eigenvalue weighted by Gasteiger charge is 2.16. The summed E-state index contributed by atoms with van der Waals surface area (Å²) in [6.45, 7) is 5.27. The van der Waals surface area contributed by atoms with Crippen LogP contribution >= 0.6 is 15.9 Å². The summed E-state index contributed by atoms with van der Waals surface area (Å²) in [6, 6.07) is 8.07. The molecule has 3 nitrogen and oxygen atoms in total. The molecule has 1 rings (SSSR count). The van der Waals surface area contributed by atoms with Crippen molar-refractivity contribution in [3.63, 3.8) is 0 Å². The average Bonchev–Trinajstić information content (AvgIpc) is 2.39. The van der Waals surface area contributed by atoms with Crippen molar-refractivity contribution in [3.8, 4) is 0 Å². The van der Waals surface area contributed by atoms with Crippen LogP contribution in [0, 0.1) is 0 Å². The topological polar surface area (TPSA) is 40.5 Å². The van der Waals surface area contributed by atoms with Crippen LogP contribution in [0.2, 0.25) is 0 Å². The SMILES string of the molecule is CCCN(CCO)C(=O)CC(C)c1ccc(Br)cc1. The lowest BCUT2D eigenvalue weighted by molar-refractivity contribution is -0.132. The van der Waals surface area contributed by atoms with Gasteiger partial charge in [-0.05, 0) is 30.0 Å². The van der Waals surface area contributed by atoms with Crippen LogP contribution in [0.15, 0.2) is 28.7 Å². The van der Waals surface area contributed by atoms with E-state index in [0.29, 0.717) is 19.5 Å². The second kappa shape index (κ2) is 8.33. The van der Waals surface area contributed by atoms with Crippen LogP contribution in [0.5, 0.6) is 0 Å². The molecule has 1 amide bonds. The van der Waals surface area contributed by atoms with Crippen molar-refractivity contribution in [3.05, 3.63) is 34.3 Å². The van der Waals surface area contributed by atoms with Gasteiger partial charge in [0.1, 0.15) is 0 Å². The quantitative estimate of drug-likeness (QED) is 0.835. The molecule has 1 N–H and O–H groups in total. The van der Waals surface area contributed by atoms with Crippen LogP contribution < -0.4 is 0 Å². The van der Waals surface area contributed by atoms with Gasteiger partial charge in [-0.1, -0.05) is 41.9 Å².